The fourth-order valence-corrected chi connectivity index (χ4v) is 2.66. The molecule has 0 unspecified atom stereocenters. The minimum atomic E-state index is -4.70. The second-order valence-corrected chi connectivity index (χ2v) is 5.46. The minimum absolute atomic E-state index is 0.284. The van der Waals surface area contributed by atoms with Gasteiger partial charge in [0, 0.05) is 17.1 Å². The van der Waals surface area contributed by atoms with E-state index in [0.29, 0.717) is 10.8 Å². The van der Waals surface area contributed by atoms with Crippen LogP contribution in [0.2, 0.25) is 0 Å². The summed E-state index contributed by atoms with van der Waals surface area (Å²) in [6.07, 6.45) is -3.08. The van der Waals surface area contributed by atoms with Crippen LogP contribution in [0, 0.1) is 6.92 Å². The fourth-order valence-electron chi connectivity index (χ4n) is 2.66. The first kappa shape index (κ1) is 16.3. The van der Waals surface area contributed by atoms with E-state index in [0.717, 1.165) is 16.7 Å². The van der Waals surface area contributed by atoms with Crippen molar-refractivity contribution in [3.8, 4) is 11.1 Å². The van der Waals surface area contributed by atoms with Gasteiger partial charge in [-0.25, -0.2) is 0 Å². The zero-order valence-corrected chi connectivity index (χ0v) is 12.8. The number of ether oxygens (including phenoxy) is 1. The summed E-state index contributed by atoms with van der Waals surface area (Å²) < 4.78 is 40.3. The van der Waals surface area contributed by atoms with E-state index in [9.17, 15) is 18.0 Å². The Hall–Kier alpha value is -2.60. The Morgan fingerprint density at radius 3 is 2.50 bits per heavy atom. The molecular weight excluding hydrogens is 319 g/mol. The number of fused-ring (bicyclic) bond motifs is 1. The third-order valence-corrected chi connectivity index (χ3v) is 3.80. The first-order valence-electron chi connectivity index (χ1n) is 7.26. The highest BCUT2D eigenvalue weighted by Gasteiger charge is 2.29. The van der Waals surface area contributed by atoms with E-state index in [4.69, 9.17) is 0 Å². The van der Waals surface area contributed by atoms with Gasteiger partial charge in [-0.15, -0.1) is 13.2 Å². The lowest BCUT2D eigenvalue weighted by Gasteiger charge is -2.11. The molecule has 0 bridgehead atoms. The van der Waals surface area contributed by atoms with E-state index < -0.39 is 13.0 Å². The lowest BCUT2D eigenvalue weighted by molar-refractivity contribution is -0.330. The monoisotopic (exact) mass is 333 g/mol. The third-order valence-electron chi connectivity index (χ3n) is 3.80. The Bertz CT molecular complexity index is 945. The molecule has 0 saturated heterocycles. The van der Waals surface area contributed by atoms with Crippen LogP contribution in [-0.4, -0.2) is 11.3 Å². The molecule has 1 aromatic heterocycles. The van der Waals surface area contributed by atoms with Crippen molar-refractivity contribution < 1.29 is 17.9 Å². The summed E-state index contributed by atoms with van der Waals surface area (Å²) in [4.78, 5) is 14.7. The van der Waals surface area contributed by atoms with Crippen molar-refractivity contribution in [1.82, 2.24) is 4.98 Å². The van der Waals surface area contributed by atoms with E-state index in [2.05, 4.69) is 9.72 Å². The summed E-state index contributed by atoms with van der Waals surface area (Å²) in [5.41, 5.74) is 2.75. The smallest absolute Gasteiger partial charge is 0.328 e. The molecule has 0 aliphatic rings. The molecule has 0 amide bonds. The molecule has 0 saturated carbocycles. The molecule has 0 spiro atoms. The molecule has 3 aromatic rings. The number of aryl methyl sites for hydroxylation is 1. The Morgan fingerprint density at radius 1 is 1.04 bits per heavy atom. The van der Waals surface area contributed by atoms with Crippen molar-refractivity contribution in [2.75, 3.05) is 0 Å². The maximum absolute atomic E-state index is 12.2. The molecule has 24 heavy (non-hydrogen) atoms. The van der Waals surface area contributed by atoms with Crippen molar-refractivity contribution in [3.05, 3.63) is 70.1 Å². The van der Waals surface area contributed by atoms with Gasteiger partial charge in [-0.1, -0.05) is 36.4 Å². The van der Waals surface area contributed by atoms with Crippen LogP contribution >= 0.6 is 0 Å². The van der Waals surface area contributed by atoms with Gasteiger partial charge in [0.1, 0.15) is 0 Å². The number of aromatic amines is 1. The molecule has 1 N–H and O–H groups in total. The standard InChI is InChI=1S/C18H14F3NO2/c1-11-4-2-3-5-13(11)16-9-22-17(23)15-8-12(6-7-14(15)16)10-24-18(19,20)21/h2-9H,10H2,1H3,(H,22,23). The zero-order valence-electron chi connectivity index (χ0n) is 12.8. The van der Waals surface area contributed by atoms with Crippen LogP contribution in [0.5, 0.6) is 0 Å². The predicted molar refractivity (Wildman–Crippen MR) is 85.6 cm³/mol. The SMILES string of the molecule is Cc1ccccc1-c1c[nH]c(=O)c2cc(COC(F)(F)F)ccc12. The molecule has 1 heterocycles. The van der Waals surface area contributed by atoms with E-state index in [1.165, 1.54) is 12.1 Å². The van der Waals surface area contributed by atoms with Crippen molar-refractivity contribution in [1.29, 1.82) is 0 Å². The number of hydrogen-bond donors (Lipinski definition) is 1. The van der Waals surface area contributed by atoms with Crippen LogP contribution in [0.3, 0.4) is 0 Å². The van der Waals surface area contributed by atoms with Crippen molar-refractivity contribution in [3.63, 3.8) is 0 Å². The summed E-state index contributed by atoms with van der Waals surface area (Å²) in [7, 11) is 0. The molecule has 0 aliphatic heterocycles. The summed E-state index contributed by atoms with van der Waals surface area (Å²) in [6.45, 7) is 1.32. The predicted octanol–water partition coefficient (Wildman–Crippen LogP) is 4.54. The number of H-pyrrole nitrogens is 1. The van der Waals surface area contributed by atoms with E-state index in [-0.39, 0.29) is 11.1 Å². The second-order valence-electron chi connectivity index (χ2n) is 5.46. The van der Waals surface area contributed by atoms with Gasteiger partial charge in [-0.2, -0.15) is 0 Å². The van der Waals surface area contributed by atoms with Gasteiger partial charge in [0.15, 0.2) is 0 Å². The van der Waals surface area contributed by atoms with Crippen LogP contribution in [-0.2, 0) is 11.3 Å². The zero-order chi connectivity index (χ0) is 17.3. The van der Waals surface area contributed by atoms with Crippen LogP contribution in [0.1, 0.15) is 11.1 Å². The van der Waals surface area contributed by atoms with Gasteiger partial charge < -0.3 is 4.98 Å². The van der Waals surface area contributed by atoms with Gasteiger partial charge in [0.25, 0.3) is 5.56 Å². The van der Waals surface area contributed by atoms with Gasteiger partial charge in [0.05, 0.1) is 6.61 Å². The van der Waals surface area contributed by atoms with Crippen LogP contribution in [0.15, 0.2) is 53.5 Å². The molecule has 3 rings (SSSR count). The number of nitrogens with one attached hydrogen (secondary N) is 1. The number of pyridine rings is 1. The van der Waals surface area contributed by atoms with E-state index in [1.807, 2.05) is 31.2 Å². The second kappa shape index (κ2) is 6.13. The minimum Gasteiger partial charge on any atom is -0.328 e. The Morgan fingerprint density at radius 2 is 1.79 bits per heavy atom. The highest BCUT2D eigenvalue weighted by molar-refractivity contribution is 5.96. The maximum atomic E-state index is 12.2. The van der Waals surface area contributed by atoms with Gasteiger partial charge >= 0.3 is 6.36 Å². The Labute approximate surface area is 135 Å². The molecule has 3 nitrogen and oxygen atoms in total. The first-order chi connectivity index (χ1) is 11.3. The molecule has 0 radical (unpaired) electrons. The molecular formula is C18H14F3NO2. The molecule has 0 atom stereocenters. The highest BCUT2D eigenvalue weighted by Crippen LogP contribution is 2.29. The number of aromatic nitrogens is 1. The summed E-state index contributed by atoms with van der Waals surface area (Å²) in [6, 6.07) is 12.3. The van der Waals surface area contributed by atoms with Gasteiger partial charge in [-0.05, 0) is 35.1 Å². The van der Waals surface area contributed by atoms with E-state index >= 15 is 0 Å². The lowest BCUT2D eigenvalue weighted by Crippen LogP contribution is -2.13. The van der Waals surface area contributed by atoms with Crippen LogP contribution < -0.4 is 5.56 Å². The normalized spacial score (nSPS) is 11.8. The summed E-state index contributed by atoms with van der Waals surface area (Å²) in [5.74, 6) is 0. The summed E-state index contributed by atoms with van der Waals surface area (Å²) in [5, 5.41) is 1.02. The van der Waals surface area contributed by atoms with E-state index in [1.54, 1.807) is 12.3 Å². The highest BCUT2D eigenvalue weighted by atomic mass is 19.4. The number of hydrogen-bond acceptors (Lipinski definition) is 2. The Balaban J connectivity index is 2.10. The van der Waals surface area contributed by atoms with Crippen molar-refractivity contribution in [2.24, 2.45) is 0 Å². The number of halogens is 3. The molecule has 0 aliphatic carbocycles. The van der Waals surface area contributed by atoms with Gasteiger partial charge in [-0.3, -0.25) is 9.53 Å². The number of benzene rings is 2. The third kappa shape index (κ3) is 3.33. The topological polar surface area (TPSA) is 42.1 Å². The average Bonchev–Trinajstić information content (AvgIpc) is 2.54. The fraction of sp³-hybridized carbons (Fsp3) is 0.167. The van der Waals surface area contributed by atoms with Gasteiger partial charge in [0.2, 0.25) is 0 Å². The largest absolute Gasteiger partial charge is 0.522 e. The molecule has 0 fully saturated rings. The molecule has 2 aromatic carbocycles. The van der Waals surface area contributed by atoms with Crippen LogP contribution in [0.25, 0.3) is 21.9 Å². The Kier molecular flexibility index (Phi) is 4.15. The number of rotatable bonds is 3. The molecule has 124 valence electrons. The number of alkyl halides is 3. The van der Waals surface area contributed by atoms with Crippen molar-refractivity contribution >= 4 is 10.8 Å². The quantitative estimate of drug-likeness (QED) is 0.764. The summed E-state index contributed by atoms with van der Waals surface area (Å²) >= 11 is 0. The average molecular weight is 333 g/mol. The van der Waals surface area contributed by atoms with Crippen molar-refractivity contribution in [2.45, 2.75) is 19.9 Å². The lowest BCUT2D eigenvalue weighted by atomic mass is 9.96. The first-order valence-corrected chi connectivity index (χ1v) is 7.26. The van der Waals surface area contributed by atoms with Crippen LogP contribution in [0.4, 0.5) is 13.2 Å². The molecule has 6 heteroatoms. The maximum Gasteiger partial charge on any atom is 0.522 e.